The molecule has 1 aliphatic rings. The Kier molecular flexibility index (Phi) is 6.37. The highest BCUT2D eigenvalue weighted by Gasteiger charge is 2.24. The van der Waals surface area contributed by atoms with Crippen LogP contribution in [0.1, 0.15) is 40.9 Å². The van der Waals surface area contributed by atoms with Crippen LogP contribution in [0.25, 0.3) is 0 Å². The maximum atomic E-state index is 12.9. The number of rotatable bonds is 6. The summed E-state index contributed by atoms with van der Waals surface area (Å²) in [5.41, 5.74) is 2.03. The quantitative estimate of drug-likeness (QED) is 0.569. The molecule has 0 fully saturated rings. The minimum atomic E-state index is -0.343. The van der Waals surface area contributed by atoms with Crippen molar-refractivity contribution in [3.63, 3.8) is 0 Å². The van der Waals surface area contributed by atoms with E-state index in [1.54, 1.807) is 41.3 Å². The minimum absolute atomic E-state index is 0.00401. The molecule has 8 heteroatoms. The SMILES string of the molecule is Cc1cc2n(n1)CCCN2C(=O)CCC(=O)Nc1ccc(Cl)cc1C(=O)c1ccccc1. The largest absolute Gasteiger partial charge is 0.325 e. The van der Waals surface area contributed by atoms with E-state index in [1.165, 1.54) is 6.07 Å². The Morgan fingerprint density at radius 3 is 2.59 bits per heavy atom. The van der Waals surface area contributed by atoms with Crippen LogP contribution in [0.3, 0.4) is 0 Å². The molecule has 0 saturated carbocycles. The second-order valence-corrected chi connectivity index (χ2v) is 8.14. The molecule has 0 atom stereocenters. The van der Waals surface area contributed by atoms with Crippen LogP contribution in [0.4, 0.5) is 11.5 Å². The Bertz CT molecular complexity index is 1170. The Morgan fingerprint density at radius 1 is 1.03 bits per heavy atom. The first-order chi connectivity index (χ1) is 15.4. The molecule has 2 heterocycles. The number of aromatic nitrogens is 2. The molecule has 1 N–H and O–H groups in total. The van der Waals surface area contributed by atoms with Gasteiger partial charge in [0.15, 0.2) is 5.78 Å². The van der Waals surface area contributed by atoms with E-state index in [0.29, 0.717) is 28.4 Å². The maximum Gasteiger partial charge on any atom is 0.228 e. The van der Waals surface area contributed by atoms with Crippen LogP contribution in [0, 0.1) is 6.92 Å². The van der Waals surface area contributed by atoms with Gasteiger partial charge >= 0.3 is 0 Å². The Morgan fingerprint density at radius 2 is 1.81 bits per heavy atom. The number of benzene rings is 2. The van der Waals surface area contributed by atoms with Gasteiger partial charge in [0.05, 0.1) is 11.4 Å². The van der Waals surface area contributed by atoms with Crippen molar-refractivity contribution in [1.82, 2.24) is 9.78 Å². The lowest BCUT2D eigenvalue weighted by Crippen LogP contribution is -2.37. The fourth-order valence-corrected chi connectivity index (χ4v) is 3.96. The third kappa shape index (κ3) is 4.73. The van der Waals surface area contributed by atoms with Crippen LogP contribution < -0.4 is 10.2 Å². The number of hydrogen-bond acceptors (Lipinski definition) is 4. The molecule has 32 heavy (non-hydrogen) atoms. The van der Waals surface area contributed by atoms with Gasteiger partial charge in [0.1, 0.15) is 5.82 Å². The monoisotopic (exact) mass is 450 g/mol. The van der Waals surface area contributed by atoms with Crippen LogP contribution in [0.15, 0.2) is 54.6 Å². The second-order valence-electron chi connectivity index (χ2n) is 7.70. The van der Waals surface area contributed by atoms with Gasteiger partial charge in [0, 0.05) is 48.1 Å². The van der Waals surface area contributed by atoms with Gasteiger partial charge < -0.3 is 5.32 Å². The number of ketones is 1. The van der Waals surface area contributed by atoms with E-state index < -0.39 is 0 Å². The number of halogens is 1. The summed E-state index contributed by atoms with van der Waals surface area (Å²) < 4.78 is 1.83. The number of carbonyl (C=O) groups excluding carboxylic acids is 3. The molecule has 164 valence electrons. The van der Waals surface area contributed by atoms with Crippen molar-refractivity contribution in [3.8, 4) is 0 Å². The Labute approximate surface area is 191 Å². The fraction of sp³-hybridized carbons (Fsp3) is 0.250. The highest BCUT2D eigenvalue weighted by Crippen LogP contribution is 2.25. The predicted molar refractivity (Wildman–Crippen MR) is 123 cm³/mol. The summed E-state index contributed by atoms with van der Waals surface area (Å²) in [5, 5.41) is 7.55. The van der Waals surface area contributed by atoms with Crippen LogP contribution in [-0.4, -0.2) is 33.9 Å². The number of carbonyl (C=O) groups is 3. The van der Waals surface area contributed by atoms with E-state index in [1.807, 2.05) is 23.7 Å². The first-order valence-corrected chi connectivity index (χ1v) is 10.8. The summed E-state index contributed by atoms with van der Waals surface area (Å²) in [4.78, 5) is 40.0. The van der Waals surface area contributed by atoms with E-state index >= 15 is 0 Å². The summed E-state index contributed by atoms with van der Waals surface area (Å²) in [5.74, 6) is 0.0613. The summed E-state index contributed by atoms with van der Waals surface area (Å²) in [6.07, 6.45) is 0.886. The number of amides is 2. The molecule has 0 spiro atoms. The molecule has 4 rings (SSSR count). The maximum absolute atomic E-state index is 12.9. The lowest BCUT2D eigenvalue weighted by molar-refractivity contribution is -0.122. The summed E-state index contributed by atoms with van der Waals surface area (Å²) in [7, 11) is 0. The van der Waals surface area contributed by atoms with Gasteiger partial charge in [-0.25, -0.2) is 4.68 Å². The average Bonchev–Trinajstić information content (AvgIpc) is 3.19. The van der Waals surface area contributed by atoms with Crippen molar-refractivity contribution >= 4 is 40.7 Å². The molecule has 3 aromatic rings. The van der Waals surface area contributed by atoms with Gasteiger partial charge in [-0.2, -0.15) is 5.10 Å². The highest BCUT2D eigenvalue weighted by atomic mass is 35.5. The number of aryl methyl sites for hydroxylation is 2. The van der Waals surface area contributed by atoms with Crippen molar-refractivity contribution < 1.29 is 14.4 Å². The molecule has 1 aromatic heterocycles. The van der Waals surface area contributed by atoms with Crippen LogP contribution in [0.2, 0.25) is 5.02 Å². The number of nitrogens with zero attached hydrogens (tertiary/aromatic N) is 3. The highest BCUT2D eigenvalue weighted by molar-refractivity contribution is 6.31. The zero-order valence-electron chi connectivity index (χ0n) is 17.7. The van der Waals surface area contributed by atoms with E-state index in [-0.39, 0.29) is 30.4 Å². The fourth-order valence-electron chi connectivity index (χ4n) is 3.79. The minimum Gasteiger partial charge on any atom is -0.325 e. The van der Waals surface area contributed by atoms with E-state index in [0.717, 1.165) is 24.5 Å². The molecule has 0 radical (unpaired) electrons. The molecule has 0 saturated heterocycles. The molecule has 7 nitrogen and oxygen atoms in total. The molecule has 0 aliphatic carbocycles. The molecule has 2 aromatic carbocycles. The normalized spacial score (nSPS) is 12.9. The lowest BCUT2D eigenvalue weighted by Gasteiger charge is -2.27. The zero-order valence-corrected chi connectivity index (χ0v) is 18.4. The summed E-state index contributed by atoms with van der Waals surface area (Å²) in [6, 6.07) is 15.4. The van der Waals surface area contributed by atoms with Crippen LogP contribution in [-0.2, 0) is 16.1 Å². The number of fused-ring (bicyclic) bond motifs is 1. The first kappa shape index (κ1) is 21.8. The average molecular weight is 451 g/mol. The summed E-state index contributed by atoms with van der Waals surface area (Å²) in [6.45, 7) is 3.28. The number of anilines is 2. The third-order valence-electron chi connectivity index (χ3n) is 5.31. The van der Waals surface area contributed by atoms with Gasteiger partial charge in [-0.05, 0) is 31.5 Å². The van der Waals surface area contributed by atoms with Gasteiger partial charge in [0.25, 0.3) is 0 Å². The van der Waals surface area contributed by atoms with Crippen molar-refractivity contribution in [1.29, 1.82) is 0 Å². The third-order valence-corrected chi connectivity index (χ3v) is 5.55. The van der Waals surface area contributed by atoms with Crippen molar-refractivity contribution in [2.45, 2.75) is 32.7 Å². The van der Waals surface area contributed by atoms with Crippen molar-refractivity contribution in [2.24, 2.45) is 0 Å². The molecule has 2 amide bonds. The van der Waals surface area contributed by atoms with Gasteiger partial charge in [-0.3, -0.25) is 19.3 Å². The van der Waals surface area contributed by atoms with Crippen molar-refractivity contribution in [2.75, 3.05) is 16.8 Å². The first-order valence-electron chi connectivity index (χ1n) is 10.5. The van der Waals surface area contributed by atoms with Gasteiger partial charge in [-0.15, -0.1) is 0 Å². The lowest BCUT2D eigenvalue weighted by atomic mass is 10.0. The molecule has 0 unspecified atom stereocenters. The van der Waals surface area contributed by atoms with E-state index in [9.17, 15) is 14.4 Å². The Balaban J connectivity index is 1.43. The van der Waals surface area contributed by atoms with Gasteiger partial charge in [0.2, 0.25) is 11.8 Å². The van der Waals surface area contributed by atoms with Crippen LogP contribution in [0.5, 0.6) is 0 Å². The van der Waals surface area contributed by atoms with E-state index in [2.05, 4.69) is 10.4 Å². The smallest absolute Gasteiger partial charge is 0.228 e. The molecular weight excluding hydrogens is 428 g/mol. The zero-order chi connectivity index (χ0) is 22.7. The topological polar surface area (TPSA) is 84.3 Å². The van der Waals surface area contributed by atoms with E-state index in [4.69, 9.17) is 11.6 Å². The standard InChI is InChI=1S/C24H23ClN4O3/c1-16-14-22-28(12-5-13-29(22)27-16)23(31)11-10-21(30)26-20-9-8-18(25)15-19(20)24(32)17-6-3-2-4-7-17/h2-4,6-9,14-15H,5,10-13H2,1H3,(H,26,30). The molecular formula is C24H23ClN4O3. The second kappa shape index (κ2) is 9.36. The molecule has 0 bridgehead atoms. The van der Waals surface area contributed by atoms with Crippen molar-refractivity contribution in [3.05, 3.63) is 76.4 Å². The Hall–Kier alpha value is -3.45. The summed E-state index contributed by atoms with van der Waals surface area (Å²) >= 11 is 6.09. The molecule has 1 aliphatic heterocycles. The number of hydrogen-bond donors (Lipinski definition) is 1. The predicted octanol–water partition coefficient (Wildman–Crippen LogP) is 4.23. The van der Waals surface area contributed by atoms with Gasteiger partial charge in [-0.1, -0.05) is 41.9 Å². The number of nitrogens with one attached hydrogen (secondary N) is 1. The van der Waals surface area contributed by atoms with Crippen LogP contribution >= 0.6 is 11.6 Å².